The highest BCUT2D eigenvalue weighted by atomic mass is 16.5. The maximum Gasteiger partial charge on any atom is 0.182 e. The first-order valence-corrected chi connectivity index (χ1v) is 11.6. The summed E-state index contributed by atoms with van der Waals surface area (Å²) in [4.78, 5) is 15.4. The van der Waals surface area contributed by atoms with Crippen molar-refractivity contribution in [2.45, 2.75) is 58.3 Å². The summed E-state index contributed by atoms with van der Waals surface area (Å²) in [6.07, 6.45) is 0. The Kier molecular flexibility index (Phi) is 7.04. The van der Waals surface area contributed by atoms with Gasteiger partial charge in [-0.2, -0.15) is 0 Å². The van der Waals surface area contributed by atoms with E-state index in [9.17, 15) is 9.90 Å². The number of amidine groups is 1. The number of benzene rings is 2. The van der Waals surface area contributed by atoms with E-state index in [0.29, 0.717) is 24.6 Å². The summed E-state index contributed by atoms with van der Waals surface area (Å²) in [5.74, 6) is 0.717. The van der Waals surface area contributed by atoms with Crippen molar-refractivity contribution in [2.75, 3.05) is 26.8 Å². The second-order valence-electron chi connectivity index (χ2n) is 11.2. The van der Waals surface area contributed by atoms with Crippen LogP contribution in [0.2, 0.25) is 0 Å². The normalized spacial score (nSPS) is 19.2. The molecule has 33 heavy (non-hydrogen) atoms. The van der Waals surface area contributed by atoms with Gasteiger partial charge in [-0.1, -0.05) is 71.9 Å². The molecule has 2 N–H and O–H groups in total. The number of ketones is 1. The zero-order valence-electron chi connectivity index (χ0n) is 21.0. The summed E-state index contributed by atoms with van der Waals surface area (Å²) >= 11 is 0. The molecular weight excluding hydrogens is 412 g/mol. The molecule has 0 saturated carbocycles. The Labute approximate surface area is 198 Å². The molecule has 0 spiro atoms. The molecule has 1 saturated heterocycles. The van der Waals surface area contributed by atoms with Crippen LogP contribution in [0, 0.1) is 11.3 Å². The standard InChI is InChI=1S/C28H38N2O3/c1-27(2,3)21-13-19(14-22(25(21)32)28(4,5)6)23(31)16-30-15-20(17-33-7)24(26(30)29)18-11-9-8-10-12-18/h8-14,20,24,29,32H,15-17H2,1-7H3/t20-,24+/m0/s1. The number of hydrogen-bond donors (Lipinski definition) is 2. The Balaban J connectivity index is 1.93. The molecule has 0 radical (unpaired) electrons. The molecule has 0 aromatic heterocycles. The number of nitrogens with one attached hydrogen (secondary N) is 1. The van der Waals surface area contributed by atoms with Crippen molar-refractivity contribution in [3.63, 3.8) is 0 Å². The highest BCUT2D eigenvalue weighted by molar-refractivity contribution is 6.01. The summed E-state index contributed by atoms with van der Waals surface area (Å²) in [5.41, 5.74) is 2.60. The van der Waals surface area contributed by atoms with Crippen molar-refractivity contribution in [1.82, 2.24) is 4.90 Å². The second-order valence-corrected chi connectivity index (χ2v) is 11.2. The number of phenols is 1. The lowest BCUT2D eigenvalue weighted by Crippen LogP contribution is -2.32. The molecule has 5 nitrogen and oxygen atoms in total. The molecule has 3 rings (SSSR count). The van der Waals surface area contributed by atoms with E-state index in [0.717, 1.165) is 16.7 Å². The lowest BCUT2D eigenvalue weighted by Gasteiger charge is -2.28. The van der Waals surface area contributed by atoms with Crippen molar-refractivity contribution in [3.8, 4) is 5.75 Å². The third-order valence-electron chi connectivity index (χ3n) is 6.48. The zero-order chi connectivity index (χ0) is 24.6. The van der Waals surface area contributed by atoms with Crippen molar-refractivity contribution >= 4 is 11.6 Å². The number of rotatable bonds is 6. The molecule has 2 atom stereocenters. The fraction of sp³-hybridized carbons (Fsp3) is 0.500. The topological polar surface area (TPSA) is 73.6 Å². The van der Waals surface area contributed by atoms with Crippen molar-refractivity contribution < 1.29 is 14.6 Å². The Bertz CT molecular complexity index is 981. The van der Waals surface area contributed by atoms with Crippen LogP contribution in [0.15, 0.2) is 42.5 Å². The minimum Gasteiger partial charge on any atom is -0.507 e. The fourth-order valence-corrected chi connectivity index (χ4v) is 4.71. The lowest BCUT2D eigenvalue weighted by molar-refractivity contribution is 0.0955. The molecule has 178 valence electrons. The van der Waals surface area contributed by atoms with Gasteiger partial charge in [0.1, 0.15) is 11.6 Å². The third kappa shape index (κ3) is 5.30. The molecule has 1 aliphatic heterocycles. The van der Waals surface area contributed by atoms with Crippen LogP contribution >= 0.6 is 0 Å². The van der Waals surface area contributed by atoms with E-state index < -0.39 is 0 Å². The average Bonchev–Trinajstić information content (AvgIpc) is 3.02. The molecule has 2 aromatic rings. The predicted octanol–water partition coefficient (Wildman–Crippen LogP) is 5.51. The largest absolute Gasteiger partial charge is 0.507 e. The minimum absolute atomic E-state index is 0.0411. The molecule has 5 heteroatoms. The van der Waals surface area contributed by atoms with Crippen LogP contribution in [0.5, 0.6) is 5.75 Å². The van der Waals surface area contributed by atoms with Crippen molar-refractivity contribution in [3.05, 3.63) is 64.7 Å². The number of carbonyl (C=O) groups excluding carboxylic acids is 1. The summed E-state index contributed by atoms with van der Waals surface area (Å²) < 4.78 is 5.45. The quantitative estimate of drug-likeness (QED) is 0.569. The van der Waals surface area contributed by atoms with Crippen molar-refractivity contribution in [2.24, 2.45) is 5.92 Å². The van der Waals surface area contributed by atoms with Gasteiger partial charge in [0, 0.05) is 42.2 Å². The highest BCUT2D eigenvalue weighted by Crippen LogP contribution is 2.40. The van der Waals surface area contributed by atoms with E-state index in [2.05, 4.69) is 0 Å². The van der Waals surface area contributed by atoms with Crippen LogP contribution in [-0.4, -0.2) is 48.4 Å². The molecule has 1 aliphatic rings. The maximum absolute atomic E-state index is 13.5. The molecule has 0 bridgehead atoms. The molecular formula is C28H38N2O3. The number of ether oxygens (including phenoxy) is 1. The number of aromatic hydroxyl groups is 1. The van der Waals surface area contributed by atoms with Gasteiger partial charge in [0.05, 0.1) is 13.2 Å². The van der Waals surface area contributed by atoms with Gasteiger partial charge in [0.2, 0.25) is 0 Å². The second kappa shape index (κ2) is 9.30. The van der Waals surface area contributed by atoms with E-state index >= 15 is 0 Å². The van der Waals surface area contributed by atoms with E-state index in [1.165, 1.54) is 0 Å². The number of methoxy groups -OCH3 is 1. The van der Waals surface area contributed by atoms with Gasteiger partial charge in [0.25, 0.3) is 0 Å². The van der Waals surface area contributed by atoms with Gasteiger partial charge in [-0.15, -0.1) is 0 Å². The van der Waals surface area contributed by atoms with Crippen LogP contribution in [0.3, 0.4) is 0 Å². The lowest BCUT2D eigenvalue weighted by atomic mass is 9.78. The molecule has 2 aromatic carbocycles. The van der Waals surface area contributed by atoms with Gasteiger partial charge in [-0.05, 0) is 28.5 Å². The molecule has 1 heterocycles. The molecule has 0 amide bonds. The molecule has 0 aliphatic carbocycles. The van der Waals surface area contributed by atoms with Gasteiger partial charge in [-0.25, -0.2) is 0 Å². The number of carbonyl (C=O) groups is 1. The van der Waals surface area contributed by atoms with Gasteiger partial charge >= 0.3 is 0 Å². The monoisotopic (exact) mass is 450 g/mol. The van der Waals surface area contributed by atoms with E-state index in [-0.39, 0.29) is 40.7 Å². The third-order valence-corrected chi connectivity index (χ3v) is 6.48. The molecule has 1 fully saturated rings. The Morgan fingerprint density at radius 3 is 2.09 bits per heavy atom. The van der Waals surface area contributed by atoms with Crippen molar-refractivity contribution in [1.29, 1.82) is 5.41 Å². The SMILES string of the molecule is COC[C@@H]1CN(CC(=O)c2cc(C(C)(C)C)c(O)c(C(C)(C)C)c2)C(=N)[C@@H]1c1ccccc1. The minimum atomic E-state index is -0.303. The summed E-state index contributed by atoms with van der Waals surface area (Å²) in [6.45, 7) is 13.5. The highest BCUT2D eigenvalue weighted by Gasteiger charge is 2.39. The number of phenolic OH excluding ortho intramolecular Hbond substituents is 1. The first-order valence-electron chi connectivity index (χ1n) is 11.6. The Morgan fingerprint density at radius 2 is 1.61 bits per heavy atom. The first kappa shape index (κ1) is 25.0. The maximum atomic E-state index is 13.5. The van der Waals surface area contributed by atoms with Crippen LogP contribution in [-0.2, 0) is 15.6 Å². The number of likely N-dealkylation sites (tertiary alicyclic amines) is 1. The van der Waals surface area contributed by atoms with Crippen LogP contribution in [0.4, 0.5) is 0 Å². The average molecular weight is 451 g/mol. The number of nitrogens with zero attached hydrogens (tertiary/aromatic N) is 1. The van der Waals surface area contributed by atoms with Crippen LogP contribution < -0.4 is 0 Å². The smallest absolute Gasteiger partial charge is 0.182 e. The van der Waals surface area contributed by atoms with E-state index in [4.69, 9.17) is 10.1 Å². The fourth-order valence-electron chi connectivity index (χ4n) is 4.71. The van der Waals surface area contributed by atoms with E-state index in [1.807, 2.05) is 88.9 Å². The first-order chi connectivity index (χ1) is 15.3. The van der Waals surface area contributed by atoms with Crippen LogP contribution in [0.25, 0.3) is 0 Å². The predicted molar refractivity (Wildman–Crippen MR) is 134 cm³/mol. The number of Topliss-reactive ketones (excluding diaryl/α,β-unsaturated/α-hetero) is 1. The van der Waals surface area contributed by atoms with Gasteiger partial charge in [0.15, 0.2) is 5.78 Å². The van der Waals surface area contributed by atoms with Crippen LogP contribution in [0.1, 0.15) is 74.5 Å². The Hall–Kier alpha value is -2.66. The summed E-state index contributed by atoms with van der Waals surface area (Å²) in [5, 5.41) is 19.8. The summed E-state index contributed by atoms with van der Waals surface area (Å²) in [7, 11) is 1.68. The van der Waals surface area contributed by atoms with Gasteiger partial charge in [-0.3, -0.25) is 10.2 Å². The Morgan fingerprint density at radius 1 is 1.06 bits per heavy atom. The van der Waals surface area contributed by atoms with Gasteiger partial charge < -0.3 is 14.7 Å². The number of hydrogen-bond acceptors (Lipinski definition) is 4. The molecule has 0 unspecified atom stereocenters. The van der Waals surface area contributed by atoms with E-state index in [1.54, 1.807) is 7.11 Å². The zero-order valence-corrected chi connectivity index (χ0v) is 21.0. The summed E-state index contributed by atoms with van der Waals surface area (Å²) in [6, 6.07) is 13.7.